The van der Waals surface area contributed by atoms with Crippen molar-refractivity contribution in [1.29, 1.82) is 10.5 Å². The van der Waals surface area contributed by atoms with Crippen LogP contribution in [-0.4, -0.2) is 30.7 Å². The Labute approximate surface area is 109 Å². The lowest BCUT2D eigenvalue weighted by atomic mass is 10.3. The van der Waals surface area contributed by atoms with Gasteiger partial charge in [-0.05, 0) is 12.1 Å². The molecule has 19 heavy (non-hydrogen) atoms. The Balaban J connectivity index is 3.15. The number of non-ortho nitro benzene ring substituents is 1. The van der Waals surface area contributed by atoms with Gasteiger partial charge in [-0.2, -0.15) is 14.8 Å². The highest BCUT2D eigenvalue weighted by Gasteiger charge is 2.24. The van der Waals surface area contributed by atoms with Gasteiger partial charge in [0.1, 0.15) is 13.1 Å². The molecule has 0 aromatic heterocycles. The number of hydrogen-bond acceptors (Lipinski definition) is 6. The molecule has 0 radical (unpaired) electrons. The third-order valence-corrected chi connectivity index (χ3v) is 3.99. The van der Waals surface area contributed by atoms with Crippen molar-refractivity contribution in [3.63, 3.8) is 0 Å². The summed E-state index contributed by atoms with van der Waals surface area (Å²) < 4.78 is 24.8. The maximum atomic E-state index is 12.0. The maximum Gasteiger partial charge on any atom is 0.269 e. The lowest BCUT2D eigenvalue weighted by Crippen LogP contribution is -2.31. The van der Waals surface area contributed by atoms with Crippen molar-refractivity contribution < 1.29 is 13.3 Å². The zero-order chi connectivity index (χ0) is 14.5. The molecular formula is C10H8N4O4S. The van der Waals surface area contributed by atoms with Crippen molar-refractivity contribution >= 4 is 15.7 Å². The van der Waals surface area contributed by atoms with E-state index < -0.39 is 28.0 Å². The molecular weight excluding hydrogens is 272 g/mol. The van der Waals surface area contributed by atoms with E-state index >= 15 is 0 Å². The fourth-order valence-corrected chi connectivity index (χ4v) is 2.51. The first kappa shape index (κ1) is 14.6. The van der Waals surface area contributed by atoms with Crippen molar-refractivity contribution in [3.05, 3.63) is 34.4 Å². The Hall–Kier alpha value is -2.49. The minimum Gasteiger partial charge on any atom is -0.258 e. The average Bonchev–Trinajstić information content (AvgIpc) is 2.38. The molecule has 1 aromatic rings. The lowest BCUT2D eigenvalue weighted by Gasteiger charge is -2.15. The number of sulfonamides is 1. The molecule has 0 amide bonds. The van der Waals surface area contributed by atoms with E-state index in [1.165, 1.54) is 0 Å². The van der Waals surface area contributed by atoms with Crippen molar-refractivity contribution in [3.8, 4) is 12.1 Å². The van der Waals surface area contributed by atoms with Gasteiger partial charge in [-0.3, -0.25) is 10.1 Å². The molecule has 0 N–H and O–H groups in total. The van der Waals surface area contributed by atoms with Crippen LogP contribution in [0.2, 0.25) is 0 Å². The molecule has 0 atom stereocenters. The van der Waals surface area contributed by atoms with Crippen LogP contribution in [0.1, 0.15) is 0 Å². The van der Waals surface area contributed by atoms with E-state index in [-0.39, 0.29) is 10.6 Å². The highest BCUT2D eigenvalue weighted by Crippen LogP contribution is 2.19. The van der Waals surface area contributed by atoms with Crippen LogP contribution in [0.4, 0.5) is 5.69 Å². The van der Waals surface area contributed by atoms with Gasteiger partial charge in [0.15, 0.2) is 0 Å². The molecule has 9 heteroatoms. The summed E-state index contributed by atoms with van der Waals surface area (Å²) in [7, 11) is -4.00. The van der Waals surface area contributed by atoms with Crippen LogP contribution in [0.3, 0.4) is 0 Å². The van der Waals surface area contributed by atoms with E-state index in [9.17, 15) is 18.5 Å². The first-order chi connectivity index (χ1) is 8.93. The molecule has 1 aromatic carbocycles. The molecule has 0 aliphatic rings. The van der Waals surface area contributed by atoms with E-state index in [4.69, 9.17) is 10.5 Å². The standard InChI is InChI=1S/C10H8N4O4S/c11-5-7-13(8-6-12)19(17,18)10-3-1-9(2-4-10)14(15)16/h1-4H,7-8H2. The first-order valence-electron chi connectivity index (χ1n) is 4.92. The van der Waals surface area contributed by atoms with Gasteiger partial charge in [0.2, 0.25) is 10.0 Å². The van der Waals surface area contributed by atoms with Gasteiger partial charge in [0.25, 0.3) is 5.69 Å². The van der Waals surface area contributed by atoms with Gasteiger partial charge in [-0.25, -0.2) is 8.42 Å². The van der Waals surface area contributed by atoms with Crippen LogP contribution in [0.15, 0.2) is 29.2 Å². The molecule has 1 rings (SSSR count). The minimum absolute atomic E-state index is 0.205. The third-order valence-electron chi connectivity index (χ3n) is 2.18. The zero-order valence-corrected chi connectivity index (χ0v) is 10.4. The number of benzene rings is 1. The zero-order valence-electron chi connectivity index (χ0n) is 9.55. The van der Waals surface area contributed by atoms with Gasteiger partial charge < -0.3 is 0 Å². The fourth-order valence-electron chi connectivity index (χ4n) is 1.27. The number of nitrogens with zero attached hydrogens (tertiary/aromatic N) is 4. The molecule has 0 saturated heterocycles. The normalized spacial score (nSPS) is 10.7. The summed E-state index contributed by atoms with van der Waals surface area (Å²) in [6.45, 7) is -0.931. The van der Waals surface area contributed by atoms with Gasteiger partial charge in [0, 0.05) is 12.1 Å². The Morgan fingerprint density at radius 2 is 1.63 bits per heavy atom. The highest BCUT2D eigenvalue weighted by atomic mass is 32.2. The summed E-state index contributed by atoms with van der Waals surface area (Å²) >= 11 is 0. The monoisotopic (exact) mass is 280 g/mol. The Morgan fingerprint density at radius 1 is 1.16 bits per heavy atom. The van der Waals surface area contributed by atoms with Crippen LogP contribution >= 0.6 is 0 Å². The largest absolute Gasteiger partial charge is 0.269 e. The number of nitro groups is 1. The van der Waals surface area contributed by atoms with Crippen molar-refractivity contribution in [2.45, 2.75) is 4.90 Å². The summed E-state index contributed by atoms with van der Waals surface area (Å²) in [5.41, 5.74) is -0.244. The van der Waals surface area contributed by atoms with Crippen molar-refractivity contribution in [2.75, 3.05) is 13.1 Å². The summed E-state index contributed by atoms with van der Waals surface area (Å²) in [5.74, 6) is 0. The van der Waals surface area contributed by atoms with Crippen molar-refractivity contribution in [1.82, 2.24) is 4.31 Å². The highest BCUT2D eigenvalue weighted by molar-refractivity contribution is 7.89. The van der Waals surface area contributed by atoms with Crippen LogP contribution in [0.25, 0.3) is 0 Å². The summed E-state index contributed by atoms with van der Waals surface area (Å²) in [5, 5.41) is 27.5. The van der Waals surface area contributed by atoms with E-state index in [2.05, 4.69) is 0 Å². The summed E-state index contributed by atoms with van der Waals surface area (Å²) in [4.78, 5) is 9.60. The quantitative estimate of drug-likeness (QED) is 0.442. The number of rotatable bonds is 5. The molecule has 98 valence electrons. The SMILES string of the molecule is N#CCN(CC#N)S(=O)(=O)c1ccc([N+](=O)[O-])cc1. The van der Waals surface area contributed by atoms with E-state index in [1.807, 2.05) is 0 Å². The van der Waals surface area contributed by atoms with Gasteiger partial charge in [-0.1, -0.05) is 0 Å². The predicted molar refractivity (Wildman–Crippen MR) is 63.1 cm³/mol. The van der Waals surface area contributed by atoms with Crippen LogP contribution in [-0.2, 0) is 10.0 Å². The molecule has 0 aliphatic carbocycles. The molecule has 0 spiro atoms. The van der Waals surface area contributed by atoms with Gasteiger partial charge in [0.05, 0.1) is 22.0 Å². The Bertz CT molecular complexity index is 638. The maximum absolute atomic E-state index is 12.0. The van der Waals surface area contributed by atoms with Gasteiger partial charge in [-0.15, -0.1) is 0 Å². The predicted octanol–water partition coefficient (Wildman–Crippen LogP) is 0.633. The molecule has 0 fully saturated rings. The fraction of sp³-hybridized carbons (Fsp3) is 0.200. The second kappa shape index (κ2) is 5.91. The van der Waals surface area contributed by atoms with Crippen LogP contribution < -0.4 is 0 Å². The number of nitro benzene ring substituents is 1. The van der Waals surface area contributed by atoms with E-state index in [0.717, 1.165) is 24.3 Å². The molecule has 0 saturated carbocycles. The summed E-state index contributed by atoms with van der Waals surface area (Å²) in [6.07, 6.45) is 0. The Morgan fingerprint density at radius 3 is 2.00 bits per heavy atom. The molecule has 8 nitrogen and oxygen atoms in total. The summed E-state index contributed by atoms with van der Waals surface area (Å²) in [6, 6.07) is 7.51. The van der Waals surface area contributed by atoms with E-state index in [0.29, 0.717) is 4.31 Å². The second-order valence-corrected chi connectivity index (χ2v) is 5.28. The first-order valence-corrected chi connectivity index (χ1v) is 6.36. The Kier molecular flexibility index (Phi) is 4.53. The van der Waals surface area contributed by atoms with Crippen molar-refractivity contribution in [2.24, 2.45) is 0 Å². The molecule has 0 bridgehead atoms. The number of nitriles is 2. The lowest BCUT2D eigenvalue weighted by molar-refractivity contribution is -0.384. The average molecular weight is 280 g/mol. The molecule has 0 unspecified atom stereocenters. The van der Waals surface area contributed by atoms with Crippen LogP contribution in [0, 0.1) is 32.8 Å². The number of hydrogen-bond donors (Lipinski definition) is 0. The second-order valence-electron chi connectivity index (χ2n) is 3.34. The smallest absolute Gasteiger partial charge is 0.258 e. The van der Waals surface area contributed by atoms with E-state index in [1.54, 1.807) is 12.1 Å². The minimum atomic E-state index is -4.00. The molecule has 0 aliphatic heterocycles. The van der Waals surface area contributed by atoms with Crippen LogP contribution in [0.5, 0.6) is 0 Å². The molecule has 0 heterocycles. The topological polar surface area (TPSA) is 128 Å². The van der Waals surface area contributed by atoms with Gasteiger partial charge >= 0.3 is 0 Å². The third kappa shape index (κ3) is 3.25.